The van der Waals surface area contributed by atoms with Crippen LogP contribution in [0.25, 0.3) is 0 Å². The topological polar surface area (TPSA) is 108 Å². The van der Waals surface area contributed by atoms with E-state index in [0.717, 1.165) is 6.42 Å². The molecule has 0 N–H and O–H groups in total. The Labute approximate surface area is 262 Å². The minimum absolute atomic E-state index is 0.00120. The zero-order valence-corrected chi connectivity index (χ0v) is 27.6. The van der Waals surface area contributed by atoms with Crippen molar-refractivity contribution in [2.75, 3.05) is 25.1 Å². The molecule has 10 nitrogen and oxygen atoms in total. The number of rotatable bonds is 10. The van der Waals surface area contributed by atoms with Gasteiger partial charge in [0, 0.05) is 48.6 Å². The lowest BCUT2D eigenvalue weighted by Crippen LogP contribution is -2.50. The summed E-state index contributed by atoms with van der Waals surface area (Å²) in [6, 6.07) is 9.61. The maximum atomic E-state index is 14.0. The third-order valence-corrected chi connectivity index (χ3v) is 9.93. The highest BCUT2D eigenvalue weighted by Gasteiger charge is 2.35. The minimum atomic E-state index is -4.08. The summed E-state index contributed by atoms with van der Waals surface area (Å²) in [5.41, 5.74) is 0.0603. The largest absolute Gasteiger partial charge is 0.497 e. The van der Waals surface area contributed by atoms with Gasteiger partial charge in [0.2, 0.25) is 0 Å². The normalized spacial score (nSPS) is 17.3. The van der Waals surface area contributed by atoms with Gasteiger partial charge in [-0.05, 0) is 57.5 Å². The first-order valence-electron chi connectivity index (χ1n) is 13.9. The van der Waals surface area contributed by atoms with E-state index in [1.165, 1.54) is 34.9 Å². The molecule has 234 valence electrons. The molecular weight excluding hydrogens is 614 g/mol. The highest BCUT2D eigenvalue weighted by atomic mass is 35.5. The van der Waals surface area contributed by atoms with Crippen molar-refractivity contribution in [2.45, 2.75) is 76.1 Å². The van der Waals surface area contributed by atoms with Crippen molar-refractivity contribution in [2.24, 2.45) is 0 Å². The van der Waals surface area contributed by atoms with Crippen LogP contribution in [0.4, 0.5) is 9.93 Å². The number of anilines is 1. The van der Waals surface area contributed by atoms with Gasteiger partial charge in [0.25, 0.3) is 10.0 Å². The molecule has 1 aromatic heterocycles. The number of benzene rings is 2. The second kappa shape index (κ2) is 13.6. The number of hydrogen-bond acceptors (Lipinski definition) is 9. The number of sulfonamides is 1. The summed E-state index contributed by atoms with van der Waals surface area (Å²) in [5, 5.41) is 2.19. The Kier molecular flexibility index (Phi) is 10.3. The highest BCUT2D eigenvalue weighted by molar-refractivity contribution is 7.93. The molecule has 2 aromatic carbocycles. The van der Waals surface area contributed by atoms with Crippen LogP contribution in [-0.2, 0) is 21.3 Å². The number of halogens is 1. The number of ether oxygens (including phenoxy) is 4. The van der Waals surface area contributed by atoms with Crippen molar-refractivity contribution in [1.29, 1.82) is 0 Å². The van der Waals surface area contributed by atoms with E-state index in [2.05, 4.69) is 4.98 Å². The number of amides is 1. The van der Waals surface area contributed by atoms with E-state index in [-0.39, 0.29) is 34.7 Å². The van der Waals surface area contributed by atoms with Crippen molar-refractivity contribution in [3.05, 3.63) is 58.6 Å². The predicted molar refractivity (Wildman–Crippen MR) is 167 cm³/mol. The fourth-order valence-electron chi connectivity index (χ4n) is 4.85. The van der Waals surface area contributed by atoms with E-state index in [4.69, 9.17) is 30.5 Å². The van der Waals surface area contributed by atoms with E-state index in [1.807, 2.05) is 27.7 Å². The molecule has 1 amide bonds. The van der Waals surface area contributed by atoms with Gasteiger partial charge in [0.05, 0.1) is 30.7 Å². The number of nitrogens with zero attached hydrogens (tertiary/aromatic N) is 3. The maximum Gasteiger partial charge on any atom is 0.410 e. The maximum absolute atomic E-state index is 14.0. The van der Waals surface area contributed by atoms with Gasteiger partial charge < -0.3 is 23.8 Å². The number of methoxy groups -OCH3 is 2. The zero-order valence-electron chi connectivity index (χ0n) is 25.2. The van der Waals surface area contributed by atoms with Gasteiger partial charge in [-0.2, -0.15) is 0 Å². The third-order valence-electron chi connectivity index (χ3n) is 6.99. The summed E-state index contributed by atoms with van der Waals surface area (Å²) < 4.78 is 51.8. The lowest BCUT2D eigenvalue weighted by molar-refractivity contribution is -0.00466. The number of thiazole rings is 1. The van der Waals surface area contributed by atoms with Gasteiger partial charge in [0.15, 0.2) is 5.13 Å². The smallest absolute Gasteiger partial charge is 0.410 e. The van der Waals surface area contributed by atoms with Gasteiger partial charge >= 0.3 is 6.09 Å². The van der Waals surface area contributed by atoms with Crippen LogP contribution in [0.5, 0.6) is 17.2 Å². The first kappa shape index (κ1) is 32.7. The summed E-state index contributed by atoms with van der Waals surface area (Å²) in [5.74, 6) is 1.46. The van der Waals surface area contributed by atoms with Crippen molar-refractivity contribution in [3.8, 4) is 17.2 Å². The van der Waals surface area contributed by atoms with Crippen LogP contribution in [0, 0.1) is 0 Å². The number of aromatic nitrogens is 1. The lowest BCUT2D eigenvalue weighted by atomic mass is 9.97. The summed E-state index contributed by atoms with van der Waals surface area (Å²) >= 11 is 7.81. The Balaban J connectivity index is 1.53. The fourth-order valence-corrected chi connectivity index (χ4v) is 7.43. The van der Waals surface area contributed by atoms with Crippen LogP contribution < -0.4 is 18.5 Å². The third kappa shape index (κ3) is 7.84. The van der Waals surface area contributed by atoms with Crippen molar-refractivity contribution in [1.82, 2.24) is 9.88 Å². The number of hydrogen-bond donors (Lipinski definition) is 0. The minimum Gasteiger partial charge on any atom is -0.497 e. The number of piperidine rings is 1. The first-order chi connectivity index (χ1) is 20.4. The Bertz CT molecular complexity index is 1510. The van der Waals surface area contributed by atoms with Crippen LogP contribution >= 0.6 is 22.9 Å². The van der Waals surface area contributed by atoms with Gasteiger partial charge in [-0.25, -0.2) is 22.5 Å². The molecule has 13 heteroatoms. The molecule has 43 heavy (non-hydrogen) atoms. The standard InChI is InChI=1S/C30H38ClN3O7S2/c1-7-21-16-23(12-14-33(21)29(35)41-30(2,3)4)40-26-11-10-24(18-25(26)31)43(36,37)34(28-32-13-15-42-28)19-20-8-9-22(38-5)17-27(20)39-6/h8-11,13,15,17-18,21,23H,7,12,14,16,19H2,1-6H3/t21-,23+/m0/s1. The molecule has 0 aliphatic carbocycles. The molecule has 3 aromatic rings. The second-order valence-electron chi connectivity index (χ2n) is 11.1. The Hall–Kier alpha value is -3.22. The molecule has 2 heterocycles. The summed E-state index contributed by atoms with van der Waals surface area (Å²) in [4.78, 5) is 18.7. The van der Waals surface area contributed by atoms with E-state index < -0.39 is 15.6 Å². The molecule has 1 saturated heterocycles. The monoisotopic (exact) mass is 651 g/mol. The van der Waals surface area contributed by atoms with E-state index in [0.29, 0.717) is 47.3 Å². The van der Waals surface area contributed by atoms with E-state index in [1.54, 1.807) is 47.9 Å². The molecule has 1 aliphatic rings. The molecular formula is C30H38ClN3O7S2. The summed E-state index contributed by atoms with van der Waals surface area (Å²) in [7, 11) is -1.02. The zero-order chi connectivity index (χ0) is 31.4. The molecule has 1 fully saturated rings. The Morgan fingerprint density at radius 1 is 1.14 bits per heavy atom. The van der Waals surface area contributed by atoms with Crippen molar-refractivity contribution in [3.63, 3.8) is 0 Å². The Morgan fingerprint density at radius 3 is 2.51 bits per heavy atom. The van der Waals surface area contributed by atoms with Crippen LogP contribution in [0.2, 0.25) is 5.02 Å². The van der Waals surface area contributed by atoms with E-state index >= 15 is 0 Å². The van der Waals surface area contributed by atoms with E-state index in [9.17, 15) is 13.2 Å². The number of likely N-dealkylation sites (tertiary alicyclic amines) is 1. The molecule has 4 rings (SSSR count). The van der Waals surface area contributed by atoms with Gasteiger partial charge in [-0.3, -0.25) is 0 Å². The summed E-state index contributed by atoms with van der Waals surface area (Å²) in [6.45, 7) is 8.03. The van der Waals surface area contributed by atoms with Crippen LogP contribution in [0.1, 0.15) is 52.5 Å². The van der Waals surface area contributed by atoms with Crippen LogP contribution in [0.3, 0.4) is 0 Å². The molecule has 0 saturated carbocycles. The molecule has 0 spiro atoms. The Morgan fingerprint density at radius 2 is 1.91 bits per heavy atom. The molecule has 1 aliphatic heterocycles. The van der Waals surface area contributed by atoms with Crippen LogP contribution in [-0.4, -0.2) is 62.9 Å². The van der Waals surface area contributed by atoms with Crippen molar-refractivity contribution >= 4 is 44.2 Å². The number of carbonyl (C=O) groups is 1. The molecule has 0 bridgehead atoms. The van der Waals surface area contributed by atoms with Crippen LogP contribution in [0.15, 0.2) is 52.9 Å². The van der Waals surface area contributed by atoms with Gasteiger partial charge in [-0.1, -0.05) is 18.5 Å². The second-order valence-corrected chi connectivity index (χ2v) is 14.2. The lowest BCUT2D eigenvalue weighted by Gasteiger charge is -2.39. The summed E-state index contributed by atoms with van der Waals surface area (Å²) in [6.07, 6.45) is 2.96. The molecule has 0 radical (unpaired) electrons. The SMILES string of the molecule is CC[C@H]1C[C@H](Oc2ccc(S(=O)(=O)N(Cc3ccc(OC)cc3OC)c3nccs3)cc2Cl)CCN1C(=O)OC(C)(C)C. The predicted octanol–water partition coefficient (Wildman–Crippen LogP) is 6.77. The van der Waals surface area contributed by atoms with Gasteiger partial charge in [0.1, 0.15) is 29.0 Å². The molecule has 0 unspecified atom stereocenters. The first-order valence-corrected chi connectivity index (χ1v) is 16.6. The van der Waals surface area contributed by atoms with Gasteiger partial charge in [-0.15, -0.1) is 11.3 Å². The van der Waals surface area contributed by atoms with Crippen molar-refractivity contribution < 1.29 is 32.2 Å². The molecule has 2 atom stereocenters. The highest BCUT2D eigenvalue weighted by Crippen LogP contribution is 2.36. The quantitative estimate of drug-likeness (QED) is 0.237. The average molecular weight is 652 g/mol. The number of carbonyl (C=O) groups excluding carboxylic acids is 1. The average Bonchev–Trinajstić information content (AvgIpc) is 3.50. The fraction of sp³-hybridized carbons (Fsp3) is 0.467.